The van der Waals surface area contributed by atoms with Gasteiger partial charge in [-0.2, -0.15) is 0 Å². The lowest BCUT2D eigenvalue weighted by Gasteiger charge is -2.18. The summed E-state index contributed by atoms with van der Waals surface area (Å²) in [6, 6.07) is 2.51. The molecule has 6 heteroatoms. The minimum Gasteiger partial charge on any atom is -0.398 e. The molecule has 0 radical (unpaired) electrons. The van der Waals surface area contributed by atoms with Gasteiger partial charge in [-0.05, 0) is 32.9 Å². The summed E-state index contributed by atoms with van der Waals surface area (Å²) in [5.41, 5.74) is 6.24. The fourth-order valence-electron chi connectivity index (χ4n) is 1.78. The molecule has 5 nitrogen and oxygen atoms in total. The van der Waals surface area contributed by atoms with Gasteiger partial charge in [0.1, 0.15) is 5.82 Å². The van der Waals surface area contributed by atoms with Crippen molar-refractivity contribution < 1.29 is 14.0 Å². The number of carbonyl (C=O) groups excluding carboxylic acids is 2. The van der Waals surface area contributed by atoms with E-state index < -0.39 is 11.7 Å². The van der Waals surface area contributed by atoms with E-state index in [4.69, 9.17) is 5.73 Å². The lowest BCUT2D eigenvalue weighted by atomic mass is 10.1. The topological polar surface area (TPSA) is 75.4 Å². The van der Waals surface area contributed by atoms with Crippen LogP contribution in [0.5, 0.6) is 0 Å². The van der Waals surface area contributed by atoms with Gasteiger partial charge >= 0.3 is 0 Å². The Bertz CT molecular complexity index is 490. The first kappa shape index (κ1) is 15.9. The number of likely N-dealkylation sites (N-methyl/N-ethyl adjacent to an activating group) is 1. The Balaban J connectivity index is 2.71. The first-order valence-electron chi connectivity index (χ1n) is 6.52. The van der Waals surface area contributed by atoms with Crippen molar-refractivity contribution in [3.63, 3.8) is 0 Å². The molecule has 0 atom stereocenters. The van der Waals surface area contributed by atoms with E-state index in [1.807, 2.05) is 13.8 Å². The van der Waals surface area contributed by atoms with E-state index in [1.54, 1.807) is 4.90 Å². The van der Waals surface area contributed by atoms with Crippen LogP contribution in [0.3, 0.4) is 0 Å². The number of carbonyl (C=O) groups is 2. The molecule has 1 aromatic carbocycles. The number of hydrogen-bond acceptors (Lipinski definition) is 3. The molecule has 0 aliphatic rings. The van der Waals surface area contributed by atoms with Crippen LogP contribution in [0.2, 0.25) is 0 Å². The van der Waals surface area contributed by atoms with Crippen molar-refractivity contribution in [2.45, 2.75) is 20.8 Å². The maximum absolute atomic E-state index is 13.5. The predicted molar refractivity (Wildman–Crippen MR) is 75.8 cm³/mol. The van der Waals surface area contributed by atoms with E-state index >= 15 is 0 Å². The molecular formula is C14H20FN3O2. The molecule has 20 heavy (non-hydrogen) atoms. The van der Waals surface area contributed by atoms with Crippen molar-refractivity contribution in [2.24, 2.45) is 0 Å². The summed E-state index contributed by atoms with van der Waals surface area (Å²) in [5, 5.41) is 2.47. The molecule has 0 aromatic heterocycles. The number of nitrogen functional groups attached to an aromatic ring is 1. The van der Waals surface area contributed by atoms with E-state index in [9.17, 15) is 14.0 Å². The van der Waals surface area contributed by atoms with Gasteiger partial charge in [-0.25, -0.2) is 4.39 Å². The first-order chi connectivity index (χ1) is 9.40. The first-order valence-corrected chi connectivity index (χ1v) is 6.52. The summed E-state index contributed by atoms with van der Waals surface area (Å²) in [4.78, 5) is 25.2. The maximum Gasteiger partial charge on any atom is 0.251 e. The summed E-state index contributed by atoms with van der Waals surface area (Å²) in [5.74, 6) is -1.23. The van der Waals surface area contributed by atoms with Crippen molar-refractivity contribution >= 4 is 17.5 Å². The van der Waals surface area contributed by atoms with Gasteiger partial charge in [-0.3, -0.25) is 9.59 Å². The summed E-state index contributed by atoms with van der Waals surface area (Å²) >= 11 is 0. The molecule has 0 aliphatic carbocycles. The van der Waals surface area contributed by atoms with Crippen molar-refractivity contribution in [3.05, 3.63) is 29.1 Å². The minimum absolute atomic E-state index is 0.109. The molecule has 0 unspecified atom stereocenters. The van der Waals surface area contributed by atoms with E-state index in [0.717, 1.165) is 6.07 Å². The number of benzene rings is 1. The van der Waals surface area contributed by atoms with Gasteiger partial charge in [0.25, 0.3) is 5.91 Å². The van der Waals surface area contributed by atoms with Crippen molar-refractivity contribution in [1.82, 2.24) is 10.2 Å². The quantitative estimate of drug-likeness (QED) is 0.799. The number of halogens is 1. The van der Waals surface area contributed by atoms with Gasteiger partial charge in [-0.1, -0.05) is 0 Å². The number of anilines is 1. The van der Waals surface area contributed by atoms with Gasteiger partial charge < -0.3 is 16.0 Å². The van der Waals surface area contributed by atoms with Crippen LogP contribution in [-0.2, 0) is 4.79 Å². The zero-order chi connectivity index (χ0) is 15.3. The van der Waals surface area contributed by atoms with Crippen LogP contribution in [0, 0.1) is 12.7 Å². The molecule has 0 heterocycles. The Morgan fingerprint density at radius 3 is 2.40 bits per heavy atom. The van der Waals surface area contributed by atoms with E-state index in [2.05, 4.69) is 5.32 Å². The van der Waals surface area contributed by atoms with Gasteiger partial charge in [0.05, 0.1) is 6.54 Å². The highest BCUT2D eigenvalue weighted by Gasteiger charge is 2.14. The Labute approximate surface area is 117 Å². The molecule has 0 saturated heterocycles. The minimum atomic E-state index is -0.537. The van der Waals surface area contributed by atoms with Gasteiger partial charge in [0.15, 0.2) is 0 Å². The molecule has 0 aliphatic heterocycles. The molecule has 3 N–H and O–H groups in total. The van der Waals surface area contributed by atoms with Crippen molar-refractivity contribution in [2.75, 3.05) is 25.4 Å². The highest BCUT2D eigenvalue weighted by atomic mass is 19.1. The maximum atomic E-state index is 13.5. The van der Waals surface area contributed by atoms with Crippen LogP contribution in [0.15, 0.2) is 12.1 Å². The normalized spacial score (nSPS) is 10.2. The lowest BCUT2D eigenvalue weighted by Crippen LogP contribution is -2.40. The number of nitrogens with one attached hydrogen (secondary N) is 1. The van der Waals surface area contributed by atoms with Crippen molar-refractivity contribution in [1.29, 1.82) is 0 Å². The summed E-state index contributed by atoms with van der Waals surface area (Å²) in [7, 11) is 0. The summed E-state index contributed by atoms with van der Waals surface area (Å²) in [6.45, 7) is 6.30. The van der Waals surface area contributed by atoms with E-state index in [-0.39, 0.29) is 23.7 Å². The monoisotopic (exact) mass is 281 g/mol. The predicted octanol–water partition coefficient (Wildman–Crippen LogP) is 1.31. The van der Waals surface area contributed by atoms with Gasteiger partial charge in [-0.15, -0.1) is 0 Å². The molecule has 0 saturated carbocycles. The molecule has 2 amide bonds. The molecule has 1 aromatic rings. The zero-order valence-electron chi connectivity index (χ0n) is 12.0. The Morgan fingerprint density at radius 1 is 1.30 bits per heavy atom. The van der Waals surface area contributed by atoms with Gasteiger partial charge in [0, 0.05) is 29.9 Å². The lowest BCUT2D eigenvalue weighted by molar-refractivity contribution is -0.129. The highest BCUT2D eigenvalue weighted by molar-refractivity contribution is 5.97. The Kier molecular flexibility index (Phi) is 5.49. The third-order valence-corrected chi connectivity index (χ3v) is 3.16. The van der Waals surface area contributed by atoms with Crippen LogP contribution in [0.25, 0.3) is 0 Å². The largest absolute Gasteiger partial charge is 0.398 e. The second kappa shape index (κ2) is 6.88. The summed E-state index contributed by atoms with van der Waals surface area (Å²) < 4.78 is 13.5. The number of rotatable bonds is 5. The van der Waals surface area contributed by atoms with Crippen molar-refractivity contribution in [3.8, 4) is 0 Å². The van der Waals surface area contributed by atoms with Crippen LogP contribution >= 0.6 is 0 Å². The third-order valence-electron chi connectivity index (χ3n) is 3.16. The number of nitrogens with zero attached hydrogens (tertiary/aromatic N) is 1. The molecule has 0 bridgehead atoms. The van der Waals surface area contributed by atoms with Crippen LogP contribution in [-0.4, -0.2) is 36.3 Å². The fourth-order valence-corrected chi connectivity index (χ4v) is 1.78. The van der Waals surface area contributed by atoms with E-state index in [1.165, 1.54) is 13.0 Å². The smallest absolute Gasteiger partial charge is 0.251 e. The Hall–Kier alpha value is -2.11. The number of nitrogens with two attached hydrogens (primary N) is 1. The number of hydrogen-bond donors (Lipinski definition) is 2. The Morgan fingerprint density at radius 2 is 1.90 bits per heavy atom. The average Bonchev–Trinajstić information content (AvgIpc) is 2.42. The summed E-state index contributed by atoms with van der Waals surface area (Å²) in [6.07, 6.45) is 0. The van der Waals surface area contributed by atoms with Gasteiger partial charge in [0.2, 0.25) is 5.91 Å². The third kappa shape index (κ3) is 3.69. The standard InChI is InChI=1S/C14H20FN3O2/c1-4-18(5-2)13(19)8-17-14(20)10-6-11(15)9(3)12(16)7-10/h6-7H,4-5,8,16H2,1-3H3,(H,17,20). The second-order valence-corrected chi connectivity index (χ2v) is 4.42. The molecule has 110 valence electrons. The molecular weight excluding hydrogens is 261 g/mol. The van der Waals surface area contributed by atoms with Crippen LogP contribution < -0.4 is 11.1 Å². The van der Waals surface area contributed by atoms with Crippen LogP contribution in [0.4, 0.5) is 10.1 Å². The van der Waals surface area contributed by atoms with Crippen LogP contribution in [0.1, 0.15) is 29.8 Å². The molecule has 0 spiro atoms. The molecule has 0 fully saturated rings. The number of amides is 2. The SMILES string of the molecule is CCN(CC)C(=O)CNC(=O)c1cc(N)c(C)c(F)c1. The second-order valence-electron chi connectivity index (χ2n) is 4.42. The van der Waals surface area contributed by atoms with E-state index in [0.29, 0.717) is 18.7 Å². The zero-order valence-corrected chi connectivity index (χ0v) is 12.0. The highest BCUT2D eigenvalue weighted by Crippen LogP contribution is 2.17. The fraction of sp³-hybridized carbons (Fsp3) is 0.429. The average molecular weight is 281 g/mol. The molecule has 1 rings (SSSR count).